The van der Waals surface area contributed by atoms with Crippen molar-refractivity contribution < 1.29 is 0 Å². The zero-order chi connectivity index (χ0) is 13.9. The first-order chi connectivity index (χ1) is 9.72. The monoisotopic (exact) mass is 276 g/mol. The summed E-state index contributed by atoms with van der Waals surface area (Å²) in [6.07, 6.45) is 5.31. The van der Waals surface area contributed by atoms with Gasteiger partial charge in [-0.2, -0.15) is 5.10 Å². The molecule has 5 nitrogen and oxygen atoms in total. The number of aromatic nitrogens is 2. The molecular formula is C15H24N4O. The van der Waals surface area contributed by atoms with Crippen molar-refractivity contribution in [1.82, 2.24) is 15.1 Å². The predicted molar refractivity (Wildman–Crippen MR) is 80.1 cm³/mol. The quantitative estimate of drug-likeness (QED) is 0.894. The molecule has 3 rings (SSSR count). The second-order valence-corrected chi connectivity index (χ2v) is 6.26. The van der Waals surface area contributed by atoms with Gasteiger partial charge < -0.3 is 10.2 Å². The Morgan fingerprint density at radius 1 is 1.35 bits per heavy atom. The van der Waals surface area contributed by atoms with E-state index in [0.717, 1.165) is 50.7 Å². The number of nitrogens with one attached hydrogen (secondary N) is 1. The lowest BCUT2D eigenvalue weighted by Gasteiger charge is -2.31. The number of hydrogen-bond donors (Lipinski definition) is 1. The third-order valence-electron chi connectivity index (χ3n) is 4.62. The van der Waals surface area contributed by atoms with E-state index in [2.05, 4.69) is 22.2 Å². The summed E-state index contributed by atoms with van der Waals surface area (Å²) in [6, 6.07) is 1.75. The summed E-state index contributed by atoms with van der Waals surface area (Å²) in [6.45, 7) is 7.28. The lowest BCUT2D eigenvalue weighted by Crippen LogP contribution is -2.42. The molecule has 2 aliphatic heterocycles. The number of hydrogen-bond acceptors (Lipinski definition) is 4. The molecule has 0 saturated carbocycles. The largest absolute Gasteiger partial charge is 0.370 e. The zero-order valence-electron chi connectivity index (χ0n) is 12.2. The fraction of sp³-hybridized carbons (Fsp3) is 0.733. The highest BCUT2D eigenvalue weighted by Gasteiger charge is 2.18. The number of piperidine rings is 1. The molecule has 1 N–H and O–H groups in total. The Hall–Kier alpha value is -1.36. The number of aryl methyl sites for hydroxylation is 1. The second-order valence-electron chi connectivity index (χ2n) is 6.26. The standard InChI is InChI=1S/C15H24N4O/c1-12-2-5-18(6-3-12)14-8-15(20)19(17-11-14)7-4-13-9-16-10-13/h8,11-13,16H,2-7,9-10H2,1H3. The highest BCUT2D eigenvalue weighted by Crippen LogP contribution is 2.21. The SMILES string of the molecule is CC1CCN(c2cnn(CCC3CNC3)c(=O)c2)CC1. The van der Waals surface area contributed by atoms with Crippen molar-refractivity contribution in [2.45, 2.75) is 32.7 Å². The second kappa shape index (κ2) is 5.95. The molecule has 1 aromatic heterocycles. The van der Waals surface area contributed by atoms with Crippen molar-refractivity contribution in [3.8, 4) is 0 Å². The first kappa shape index (κ1) is 13.6. The third-order valence-corrected chi connectivity index (χ3v) is 4.62. The molecule has 2 aliphatic rings. The maximum atomic E-state index is 12.1. The maximum absolute atomic E-state index is 12.1. The van der Waals surface area contributed by atoms with Crippen LogP contribution in [-0.2, 0) is 6.54 Å². The van der Waals surface area contributed by atoms with E-state index < -0.39 is 0 Å². The highest BCUT2D eigenvalue weighted by atomic mass is 16.1. The lowest BCUT2D eigenvalue weighted by molar-refractivity contribution is 0.304. The molecule has 0 radical (unpaired) electrons. The third kappa shape index (κ3) is 3.03. The highest BCUT2D eigenvalue weighted by molar-refractivity contribution is 5.43. The number of rotatable bonds is 4. The van der Waals surface area contributed by atoms with Crippen LogP contribution in [0.4, 0.5) is 5.69 Å². The summed E-state index contributed by atoms with van der Waals surface area (Å²) < 4.78 is 1.61. The van der Waals surface area contributed by atoms with Crippen molar-refractivity contribution in [2.24, 2.45) is 11.8 Å². The van der Waals surface area contributed by atoms with Crippen LogP contribution in [0.2, 0.25) is 0 Å². The van der Waals surface area contributed by atoms with Crippen LogP contribution >= 0.6 is 0 Å². The Bertz CT molecular complexity index is 501. The number of nitrogens with zero attached hydrogens (tertiary/aromatic N) is 3. The summed E-state index contributed by atoms with van der Waals surface area (Å²) >= 11 is 0. The van der Waals surface area contributed by atoms with Crippen LogP contribution in [0.3, 0.4) is 0 Å². The van der Waals surface area contributed by atoms with Crippen LogP contribution in [-0.4, -0.2) is 36.0 Å². The van der Waals surface area contributed by atoms with E-state index in [1.54, 1.807) is 10.7 Å². The fourth-order valence-corrected chi connectivity index (χ4v) is 2.89. The van der Waals surface area contributed by atoms with Gasteiger partial charge in [0.25, 0.3) is 5.56 Å². The van der Waals surface area contributed by atoms with Gasteiger partial charge in [0.15, 0.2) is 0 Å². The Morgan fingerprint density at radius 3 is 2.70 bits per heavy atom. The minimum absolute atomic E-state index is 0.0356. The van der Waals surface area contributed by atoms with Gasteiger partial charge in [0.05, 0.1) is 11.9 Å². The van der Waals surface area contributed by atoms with Gasteiger partial charge in [0.2, 0.25) is 0 Å². The van der Waals surface area contributed by atoms with E-state index in [-0.39, 0.29) is 5.56 Å². The molecule has 0 aliphatic carbocycles. The molecule has 110 valence electrons. The van der Waals surface area contributed by atoms with Gasteiger partial charge in [-0.3, -0.25) is 4.79 Å². The van der Waals surface area contributed by atoms with E-state index in [1.807, 2.05) is 6.20 Å². The van der Waals surface area contributed by atoms with Crippen LogP contribution in [0.15, 0.2) is 17.1 Å². The van der Waals surface area contributed by atoms with Crippen molar-refractivity contribution in [1.29, 1.82) is 0 Å². The lowest BCUT2D eigenvalue weighted by atomic mass is 9.99. The average Bonchev–Trinajstić information content (AvgIpc) is 2.39. The van der Waals surface area contributed by atoms with E-state index >= 15 is 0 Å². The molecular weight excluding hydrogens is 252 g/mol. The van der Waals surface area contributed by atoms with Crippen molar-refractivity contribution >= 4 is 5.69 Å². The van der Waals surface area contributed by atoms with Crippen LogP contribution < -0.4 is 15.8 Å². The Kier molecular flexibility index (Phi) is 4.05. The zero-order valence-corrected chi connectivity index (χ0v) is 12.2. The Labute approximate surface area is 120 Å². The van der Waals surface area contributed by atoms with E-state index in [1.165, 1.54) is 12.8 Å². The molecule has 20 heavy (non-hydrogen) atoms. The molecule has 0 bridgehead atoms. The molecule has 3 heterocycles. The van der Waals surface area contributed by atoms with Gasteiger partial charge in [-0.1, -0.05) is 6.92 Å². The van der Waals surface area contributed by atoms with Crippen molar-refractivity contribution in [3.63, 3.8) is 0 Å². The minimum atomic E-state index is 0.0356. The topological polar surface area (TPSA) is 50.2 Å². The summed E-state index contributed by atoms with van der Waals surface area (Å²) in [4.78, 5) is 14.4. The fourth-order valence-electron chi connectivity index (χ4n) is 2.89. The van der Waals surface area contributed by atoms with E-state index in [9.17, 15) is 4.79 Å². The first-order valence-electron chi connectivity index (χ1n) is 7.75. The molecule has 0 spiro atoms. The van der Waals surface area contributed by atoms with Gasteiger partial charge in [-0.15, -0.1) is 0 Å². The van der Waals surface area contributed by atoms with E-state index in [4.69, 9.17) is 0 Å². The summed E-state index contributed by atoms with van der Waals surface area (Å²) in [7, 11) is 0. The molecule has 2 saturated heterocycles. The van der Waals surface area contributed by atoms with Gasteiger partial charge in [-0.05, 0) is 44.2 Å². The van der Waals surface area contributed by atoms with Crippen LogP contribution in [0, 0.1) is 11.8 Å². The maximum Gasteiger partial charge on any atom is 0.268 e. The number of anilines is 1. The molecule has 0 atom stereocenters. The van der Waals surface area contributed by atoms with Gasteiger partial charge in [0, 0.05) is 25.7 Å². The minimum Gasteiger partial charge on any atom is -0.370 e. The molecule has 0 amide bonds. The molecule has 2 fully saturated rings. The first-order valence-corrected chi connectivity index (χ1v) is 7.75. The predicted octanol–water partition coefficient (Wildman–Crippen LogP) is 1.09. The normalized spacial score (nSPS) is 20.9. The van der Waals surface area contributed by atoms with Crippen LogP contribution in [0.25, 0.3) is 0 Å². The van der Waals surface area contributed by atoms with Crippen LogP contribution in [0.1, 0.15) is 26.2 Å². The summed E-state index contributed by atoms with van der Waals surface area (Å²) in [5.74, 6) is 1.52. The summed E-state index contributed by atoms with van der Waals surface area (Å²) in [5, 5.41) is 7.60. The molecule has 5 heteroatoms. The smallest absolute Gasteiger partial charge is 0.268 e. The van der Waals surface area contributed by atoms with Crippen LogP contribution in [0.5, 0.6) is 0 Å². The Morgan fingerprint density at radius 2 is 2.10 bits per heavy atom. The van der Waals surface area contributed by atoms with Gasteiger partial charge in [0.1, 0.15) is 0 Å². The van der Waals surface area contributed by atoms with Gasteiger partial charge in [-0.25, -0.2) is 4.68 Å². The summed E-state index contributed by atoms with van der Waals surface area (Å²) in [5.41, 5.74) is 1.02. The average molecular weight is 276 g/mol. The van der Waals surface area contributed by atoms with Gasteiger partial charge >= 0.3 is 0 Å². The van der Waals surface area contributed by atoms with Crippen molar-refractivity contribution in [3.05, 3.63) is 22.6 Å². The van der Waals surface area contributed by atoms with E-state index in [0.29, 0.717) is 5.92 Å². The molecule has 0 unspecified atom stereocenters. The van der Waals surface area contributed by atoms with Crippen molar-refractivity contribution in [2.75, 3.05) is 31.1 Å². The molecule has 0 aromatic carbocycles. The molecule has 1 aromatic rings. The Balaban J connectivity index is 1.62.